The molecule has 1 rings (SSSR count). The predicted molar refractivity (Wildman–Crippen MR) is 71.9 cm³/mol. The zero-order chi connectivity index (χ0) is 13.1. The van der Waals surface area contributed by atoms with E-state index >= 15 is 0 Å². The van der Waals surface area contributed by atoms with E-state index in [0.717, 1.165) is 18.5 Å². The molecule has 0 aromatic heterocycles. The lowest BCUT2D eigenvalue weighted by atomic mass is 9.79. The quantitative estimate of drug-likeness (QED) is 0.821. The van der Waals surface area contributed by atoms with Crippen LogP contribution in [-0.2, 0) is 5.41 Å². The smallest absolute Gasteiger partial charge is 0.126 e. The highest BCUT2D eigenvalue weighted by atomic mass is 19.1. The van der Waals surface area contributed by atoms with Gasteiger partial charge in [0, 0.05) is 6.04 Å². The summed E-state index contributed by atoms with van der Waals surface area (Å²) in [6, 6.07) is 5.92. The molecule has 0 aliphatic heterocycles. The van der Waals surface area contributed by atoms with E-state index in [1.165, 1.54) is 5.56 Å². The molecule has 0 saturated carbocycles. The van der Waals surface area contributed by atoms with Gasteiger partial charge in [-0.2, -0.15) is 0 Å². The Labute approximate surface area is 104 Å². The second-order valence-corrected chi connectivity index (χ2v) is 5.51. The zero-order valence-corrected chi connectivity index (χ0v) is 11.6. The van der Waals surface area contributed by atoms with E-state index in [-0.39, 0.29) is 11.2 Å². The summed E-state index contributed by atoms with van der Waals surface area (Å²) in [5.74, 6) is -0.121. The van der Waals surface area contributed by atoms with Crippen molar-refractivity contribution in [3.05, 3.63) is 35.1 Å². The molecule has 0 heterocycles. The summed E-state index contributed by atoms with van der Waals surface area (Å²) < 4.78 is 13.3. The van der Waals surface area contributed by atoms with Crippen molar-refractivity contribution in [3.63, 3.8) is 0 Å². The van der Waals surface area contributed by atoms with Crippen molar-refractivity contribution >= 4 is 0 Å². The second kappa shape index (κ2) is 5.63. The lowest BCUT2D eigenvalue weighted by Crippen LogP contribution is -2.33. The topological polar surface area (TPSA) is 12.0 Å². The molecule has 0 amide bonds. The standard InChI is InChI=1S/C15H24FN/c1-6-17-12(3)10-15(4,5)13-7-8-14(16)11(2)9-13/h7-9,12,17H,6,10H2,1-5H3. The molecule has 1 N–H and O–H groups in total. The number of rotatable bonds is 5. The lowest BCUT2D eigenvalue weighted by Gasteiger charge is -2.29. The maximum Gasteiger partial charge on any atom is 0.126 e. The molecule has 1 aromatic carbocycles. The van der Waals surface area contributed by atoms with Gasteiger partial charge in [0.2, 0.25) is 0 Å². The van der Waals surface area contributed by atoms with Crippen LogP contribution in [0.1, 0.15) is 45.2 Å². The van der Waals surface area contributed by atoms with E-state index in [1.54, 1.807) is 6.07 Å². The molecule has 96 valence electrons. The monoisotopic (exact) mass is 237 g/mol. The third kappa shape index (κ3) is 3.81. The van der Waals surface area contributed by atoms with Crippen LogP contribution >= 0.6 is 0 Å². The van der Waals surface area contributed by atoms with Crippen molar-refractivity contribution in [2.75, 3.05) is 6.54 Å². The van der Waals surface area contributed by atoms with Gasteiger partial charge in [-0.1, -0.05) is 32.9 Å². The van der Waals surface area contributed by atoms with Gasteiger partial charge in [0.15, 0.2) is 0 Å². The second-order valence-electron chi connectivity index (χ2n) is 5.51. The molecule has 1 nitrogen and oxygen atoms in total. The predicted octanol–water partition coefficient (Wildman–Crippen LogP) is 3.80. The van der Waals surface area contributed by atoms with Crippen LogP contribution in [0.3, 0.4) is 0 Å². The highest BCUT2D eigenvalue weighted by molar-refractivity contribution is 5.29. The fourth-order valence-electron chi connectivity index (χ4n) is 2.37. The average molecular weight is 237 g/mol. The molecule has 2 heteroatoms. The van der Waals surface area contributed by atoms with Crippen molar-refractivity contribution in [1.82, 2.24) is 5.32 Å². The lowest BCUT2D eigenvalue weighted by molar-refractivity contribution is 0.394. The summed E-state index contributed by atoms with van der Waals surface area (Å²) in [4.78, 5) is 0. The highest BCUT2D eigenvalue weighted by Gasteiger charge is 2.23. The molecule has 0 fully saturated rings. The molecule has 0 saturated heterocycles. The summed E-state index contributed by atoms with van der Waals surface area (Å²) in [7, 11) is 0. The van der Waals surface area contributed by atoms with Gasteiger partial charge in [0.25, 0.3) is 0 Å². The molecule has 0 aliphatic carbocycles. The Balaban J connectivity index is 2.84. The first kappa shape index (κ1) is 14.2. The fraction of sp³-hybridized carbons (Fsp3) is 0.600. The van der Waals surface area contributed by atoms with Gasteiger partial charge >= 0.3 is 0 Å². The number of halogens is 1. The largest absolute Gasteiger partial charge is 0.315 e. The highest BCUT2D eigenvalue weighted by Crippen LogP contribution is 2.29. The Morgan fingerprint density at radius 1 is 1.35 bits per heavy atom. The van der Waals surface area contributed by atoms with Crippen molar-refractivity contribution < 1.29 is 4.39 Å². The molecular formula is C15H24FN. The fourth-order valence-corrected chi connectivity index (χ4v) is 2.37. The number of benzene rings is 1. The molecule has 17 heavy (non-hydrogen) atoms. The maximum atomic E-state index is 13.3. The Kier molecular flexibility index (Phi) is 4.70. The molecule has 1 aromatic rings. The third-order valence-corrected chi connectivity index (χ3v) is 3.31. The van der Waals surface area contributed by atoms with Crippen LogP contribution in [-0.4, -0.2) is 12.6 Å². The Bertz CT molecular complexity index is 371. The average Bonchev–Trinajstić information content (AvgIpc) is 2.21. The number of nitrogens with one attached hydrogen (secondary N) is 1. The summed E-state index contributed by atoms with van der Waals surface area (Å²) in [6.07, 6.45) is 1.05. The first-order chi connectivity index (χ1) is 7.86. The van der Waals surface area contributed by atoms with Crippen molar-refractivity contribution in [2.24, 2.45) is 0 Å². The van der Waals surface area contributed by atoms with E-state index in [2.05, 4.69) is 33.0 Å². The minimum Gasteiger partial charge on any atom is -0.315 e. The molecule has 0 radical (unpaired) electrons. The van der Waals surface area contributed by atoms with Gasteiger partial charge in [-0.3, -0.25) is 0 Å². The molecule has 0 spiro atoms. The van der Waals surface area contributed by atoms with E-state index < -0.39 is 0 Å². The van der Waals surface area contributed by atoms with Crippen LogP contribution in [0.2, 0.25) is 0 Å². The Hall–Kier alpha value is -0.890. The van der Waals surface area contributed by atoms with Gasteiger partial charge in [-0.25, -0.2) is 4.39 Å². The summed E-state index contributed by atoms with van der Waals surface area (Å²) in [6.45, 7) is 11.6. The number of aryl methyl sites for hydroxylation is 1. The van der Waals surface area contributed by atoms with Gasteiger partial charge in [-0.05, 0) is 49.4 Å². The maximum absolute atomic E-state index is 13.3. The molecule has 1 unspecified atom stereocenters. The minimum absolute atomic E-state index is 0.0695. The molecule has 1 atom stereocenters. The van der Waals surface area contributed by atoms with Crippen LogP contribution in [0.25, 0.3) is 0 Å². The van der Waals surface area contributed by atoms with E-state index in [0.29, 0.717) is 6.04 Å². The third-order valence-electron chi connectivity index (χ3n) is 3.31. The SMILES string of the molecule is CCNC(C)CC(C)(C)c1ccc(F)c(C)c1. The minimum atomic E-state index is -0.121. The van der Waals surface area contributed by atoms with Gasteiger partial charge in [-0.15, -0.1) is 0 Å². The van der Waals surface area contributed by atoms with E-state index in [9.17, 15) is 4.39 Å². The molecule has 0 aliphatic rings. The number of hydrogen-bond donors (Lipinski definition) is 1. The van der Waals surface area contributed by atoms with E-state index in [1.807, 2.05) is 19.1 Å². The first-order valence-electron chi connectivity index (χ1n) is 6.37. The van der Waals surface area contributed by atoms with E-state index in [4.69, 9.17) is 0 Å². The van der Waals surface area contributed by atoms with Crippen LogP contribution in [0.5, 0.6) is 0 Å². The normalized spacial score (nSPS) is 13.8. The molecular weight excluding hydrogens is 213 g/mol. The van der Waals surface area contributed by atoms with Gasteiger partial charge in [0.1, 0.15) is 5.82 Å². The van der Waals surface area contributed by atoms with Gasteiger partial charge < -0.3 is 5.32 Å². The Morgan fingerprint density at radius 3 is 2.53 bits per heavy atom. The van der Waals surface area contributed by atoms with Crippen molar-refractivity contribution in [3.8, 4) is 0 Å². The van der Waals surface area contributed by atoms with Gasteiger partial charge in [0.05, 0.1) is 0 Å². The summed E-state index contributed by atoms with van der Waals surface area (Å²) in [5, 5.41) is 3.42. The number of hydrogen-bond acceptors (Lipinski definition) is 1. The zero-order valence-electron chi connectivity index (χ0n) is 11.6. The van der Waals surface area contributed by atoms with Crippen molar-refractivity contribution in [2.45, 2.75) is 52.5 Å². The van der Waals surface area contributed by atoms with Crippen LogP contribution in [0, 0.1) is 12.7 Å². The summed E-state index contributed by atoms with van der Waals surface area (Å²) in [5.41, 5.74) is 2.01. The van der Waals surface area contributed by atoms with Crippen molar-refractivity contribution in [1.29, 1.82) is 0 Å². The molecule has 0 bridgehead atoms. The van der Waals surface area contributed by atoms with Crippen LogP contribution in [0.15, 0.2) is 18.2 Å². The summed E-state index contributed by atoms with van der Waals surface area (Å²) >= 11 is 0. The first-order valence-corrected chi connectivity index (χ1v) is 6.37. The van der Waals surface area contributed by atoms with Crippen LogP contribution < -0.4 is 5.32 Å². The van der Waals surface area contributed by atoms with Crippen LogP contribution in [0.4, 0.5) is 4.39 Å². The Morgan fingerprint density at radius 2 is 2.00 bits per heavy atom.